The summed E-state index contributed by atoms with van der Waals surface area (Å²) in [6.07, 6.45) is 1.74. The van der Waals surface area contributed by atoms with Crippen LogP contribution in [-0.4, -0.2) is 79.7 Å². The Balaban J connectivity index is 2.21. The Labute approximate surface area is 141 Å². The van der Waals surface area contributed by atoms with E-state index in [1.807, 2.05) is 19.0 Å². The molecule has 1 fully saturated rings. The third-order valence-corrected chi connectivity index (χ3v) is 5.71. The minimum atomic E-state index is -3.10. The molecule has 2 rings (SSSR count). The Morgan fingerprint density at radius 3 is 2.46 bits per heavy atom. The lowest BCUT2D eigenvalue weighted by atomic mass is 10.1. The van der Waals surface area contributed by atoms with Gasteiger partial charge in [0.25, 0.3) is 11.8 Å². The molecule has 0 spiro atoms. The summed E-state index contributed by atoms with van der Waals surface area (Å²) in [5.41, 5.74) is 5.53. The number of nitrogens with zero attached hydrogens (tertiary/aromatic N) is 3. The minimum absolute atomic E-state index is 0.0149. The predicted octanol–water partition coefficient (Wildman–Crippen LogP) is -0.629. The van der Waals surface area contributed by atoms with Crippen molar-refractivity contribution in [1.82, 2.24) is 14.8 Å². The van der Waals surface area contributed by atoms with Gasteiger partial charge in [0.15, 0.2) is 9.84 Å². The fourth-order valence-corrected chi connectivity index (χ4v) is 4.34. The van der Waals surface area contributed by atoms with Gasteiger partial charge in [0.05, 0.1) is 17.1 Å². The van der Waals surface area contributed by atoms with Crippen LogP contribution in [0.15, 0.2) is 18.3 Å². The van der Waals surface area contributed by atoms with Crippen LogP contribution in [0.25, 0.3) is 0 Å². The molecule has 1 aromatic heterocycles. The molecule has 1 aliphatic heterocycles. The van der Waals surface area contributed by atoms with Crippen LogP contribution in [0, 0.1) is 0 Å². The van der Waals surface area contributed by atoms with Gasteiger partial charge in [-0.3, -0.25) is 14.6 Å². The second kappa shape index (κ2) is 7.27. The summed E-state index contributed by atoms with van der Waals surface area (Å²) in [5.74, 6) is -0.871. The Bertz CT molecular complexity index is 715. The summed E-state index contributed by atoms with van der Waals surface area (Å²) in [6.45, 7) is 1.04. The average molecular weight is 354 g/mol. The topological polar surface area (TPSA) is 114 Å². The molecule has 132 valence electrons. The number of aromatic nitrogens is 1. The molecule has 24 heavy (non-hydrogen) atoms. The van der Waals surface area contributed by atoms with Crippen molar-refractivity contribution in [3.05, 3.63) is 29.6 Å². The van der Waals surface area contributed by atoms with E-state index in [2.05, 4.69) is 4.98 Å². The highest BCUT2D eigenvalue weighted by Gasteiger charge is 2.35. The van der Waals surface area contributed by atoms with Gasteiger partial charge in [0, 0.05) is 25.3 Å². The molecule has 2 amide bonds. The van der Waals surface area contributed by atoms with Gasteiger partial charge in [-0.05, 0) is 32.6 Å². The molecule has 1 atom stereocenters. The fraction of sp³-hybridized carbons (Fsp3) is 0.533. The maximum atomic E-state index is 12.8. The first-order valence-corrected chi connectivity index (χ1v) is 9.44. The van der Waals surface area contributed by atoms with Crippen molar-refractivity contribution in [3.8, 4) is 0 Å². The van der Waals surface area contributed by atoms with Crippen molar-refractivity contribution >= 4 is 21.7 Å². The molecule has 0 saturated carbocycles. The van der Waals surface area contributed by atoms with E-state index in [1.54, 1.807) is 4.90 Å². The molecule has 1 unspecified atom stereocenters. The SMILES string of the molecule is CN(C)CCN(C(=O)c1ccc(C(N)=O)nc1)C1CCS(=O)(=O)C1. The molecule has 0 aliphatic carbocycles. The second-order valence-corrected chi connectivity index (χ2v) is 8.38. The van der Waals surface area contributed by atoms with Gasteiger partial charge in [0.1, 0.15) is 5.69 Å². The maximum absolute atomic E-state index is 12.8. The van der Waals surface area contributed by atoms with Crippen molar-refractivity contribution < 1.29 is 18.0 Å². The van der Waals surface area contributed by atoms with Crippen LogP contribution in [0.3, 0.4) is 0 Å². The van der Waals surface area contributed by atoms with Crippen molar-refractivity contribution in [2.24, 2.45) is 5.73 Å². The van der Waals surface area contributed by atoms with Gasteiger partial charge in [-0.15, -0.1) is 0 Å². The summed E-state index contributed by atoms with van der Waals surface area (Å²) in [7, 11) is 0.675. The van der Waals surface area contributed by atoms with Gasteiger partial charge in [-0.1, -0.05) is 0 Å². The number of hydrogen-bond donors (Lipinski definition) is 1. The van der Waals surface area contributed by atoms with E-state index in [-0.39, 0.29) is 29.1 Å². The maximum Gasteiger partial charge on any atom is 0.267 e. The third-order valence-electron chi connectivity index (χ3n) is 3.96. The van der Waals surface area contributed by atoms with E-state index in [1.165, 1.54) is 18.3 Å². The molecule has 1 saturated heterocycles. The highest BCUT2D eigenvalue weighted by molar-refractivity contribution is 7.91. The number of rotatable bonds is 6. The van der Waals surface area contributed by atoms with Crippen LogP contribution in [0.1, 0.15) is 27.3 Å². The number of carbonyl (C=O) groups is 2. The van der Waals surface area contributed by atoms with Crippen molar-refractivity contribution in [2.45, 2.75) is 12.5 Å². The molecule has 0 bridgehead atoms. The molecule has 2 heterocycles. The summed E-state index contributed by atoms with van der Waals surface area (Å²) in [6, 6.07) is 2.55. The van der Waals surface area contributed by atoms with E-state index in [9.17, 15) is 18.0 Å². The number of likely N-dealkylation sites (N-methyl/N-ethyl adjacent to an activating group) is 1. The number of amides is 2. The second-order valence-electron chi connectivity index (χ2n) is 6.16. The Morgan fingerprint density at radius 1 is 1.29 bits per heavy atom. The van der Waals surface area contributed by atoms with Crippen LogP contribution in [0.4, 0.5) is 0 Å². The quantitative estimate of drug-likeness (QED) is 0.728. The molecule has 0 radical (unpaired) electrons. The highest BCUT2D eigenvalue weighted by atomic mass is 32.2. The van der Waals surface area contributed by atoms with Crippen LogP contribution in [0.2, 0.25) is 0 Å². The molecular weight excluding hydrogens is 332 g/mol. The molecule has 9 heteroatoms. The summed E-state index contributed by atoms with van der Waals surface area (Å²) in [4.78, 5) is 31.3. The normalized spacial score (nSPS) is 19.4. The first-order chi connectivity index (χ1) is 11.2. The van der Waals surface area contributed by atoms with Gasteiger partial charge >= 0.3 is 0 Å². The summed E-state index contributed by atoms with van der Waals surface area (Å²) >= 11 is 0. The van der Waals surface area contributed by atoms with Crippen molar-refractivity contribution in [1.29, 1.82) is 0 Å². The van der Waals surface area contributed by atoms with E-state index in [4.69, 9.17) is 5.73 Å². The summed E-state index contributed by atoms with van der Waals surface area (Å²) < 4.78 is 23.5. The Hall–Kier alpha value is -2.00. The molecule has 8 nitrogen and oxygen atoms in total. The zero-order valence-corrected chi connectivity index (χ0v) is 14.6. The third kappa shape index (κ3) is 4.51. The van der Waals surface area contributed by atoms with Gasteiger partial charge in [-0.2, -0.15) is 0 Å². The summed E-state index contributed by atoms with van der Waals surface area (Å²) in [5, 5.41) is 0. The predicted molar refractivity (Wildman–Crippen MR) is 89.4 cm³/mol. The number of primary amides is 1. The monoisotopic (exact) mass is 354 g/mol. The number of carbonyl (C=O) groups excluding carboxylic acids is 2. The smallest absolute Gasteiger partial charge is 0.267 e. The number of hydrogen-bond acceptors (Lipinski definition) is 6. The van der Waals surface area contributed by atoms with Crippen LogP contribution >= 0.6 is 0 Å². The molecule has 1 aliphatic rings. The van der Waals surface area contributed by atoms with Gasteiger partial charge in [-0.25, -0.2) is 8.42 Å². The lowest BCUT2D eigenvalue weighted by Crippen LogP contribution is -2.44. The number of nitrogens with two attached hydrogens (primary N) is 1. The fourth-order valence-electron chi connectivity index (χ4n) is 2.61. The van der Waals surface area contributed by atoms with Crippen LogP contribution in [0.5, 0.6) is 0 Å². The lowest BCUT2D eigenvalue weighted by molar-refractivity contribution is 0.0683. The van der Waals surface area contributed by atoms with Gasteiger partial charge < -0.3 is 15.5 Å². The van der Waals surface area contributed by atoms with E-state index in [0.29, 0.717) is 25.1 Å². The Kier molecular flexibility index (Phi) is 5.55. The standard InChI is InChI=1S/C15H22N4O4S/c1-18(2)6-7-19(12-5-8-24(22,23)10-12)15(21)11-3-4-13(14(16)20)17-9-11/h3-4,9,12H,5-8,10H2,1-2H3,(H2,16,20). The molecule has 1 aromatic rings. The zero-order valence-electron chi connectivity index (χ0n) is 13.8. The van der Waals surface area contributed by atoms with Gasteiger partial charge in [0.2, 0.25) is 0 Å². The number of sulfone groups is 1. The molecule has 0 aromatic carbocycles. The highest BCUT2D eigenvalue weighted by Crippen LogP contribution is 2.20. The van der Waals surface area contributed by atoms with Crippen molar-refractivity contribution in [3.63, 3.8) is 0 Å². The lowest BCUT2D eigenvalue weighted by Gasteiger charge is -2.29. The van der Waals surface area contributed by atoms with E-state index >= 15 is 0 Å². The van der Waals surface area contributed by atoms with E-state index < -0.39 is 15.7 Å². The largest absolute Gasteiger partial charge is 0.364 e. The molecular formula is C15H22N4O4S. The van der Waals surface area contributed by atoms with Crippen molar-refractivity contribution in [2.75, 3.05) is 38.7 Å². The average Bonchev–Trinajstić information content (AvgIpc) is 2.87. The number of pyridine rings is 1. The first-order valence-electron chi connectivity index (χ1n) is 7.61. The minimum Gasteiger partial charge on any atom is -0.364 e. The van der Waals surface area contributed by atoms with E-state index in [0.717, 1.165) is 0 Å². The first kappa shape index (κ1) is 18.3. The Morgan fingerprint density at radius 2 is 2.00 bits per heavy atom. The van der Waals surface area contributed by atoms with Crippen LogP contribution < -0.4 is 5.73 Å². The molecule has 2 N–H and O–H groups in total. The zero-order chi connectivity index (χ0) is 17.9. The van der Waals surface area contributed by atoms with Crippen LogP contribution in [-0.2, 0) is 9.84 Å².